The maximum absolute atomic E-state index is 13.8. The molecule has 2 heterocycles. The maximum atomic E-state index is 13.8. The van der Waals surface area contributed by atoms with Gasteiger partial charge in [0.25, 0.3) is 5.91 Å². The fraction of sp³-hybridized carbons (Fsp3) is 0.348. The summed E-state index contributed by atoms with van der Waals surface area (Å²) in [6.07, 6.45) is 1.71. The van der Waals surface area contributed by atoms with E-state index >= 15 is 0 Å². The number of piperidine rings is 1. The molecule has 1 fully saturated rings. The van der Waals surface area contributed by atoms with E-state index < -0.39 is 0 Å². The van der Waals surface area contributed by atoms with Crippen molar-refractivity contribution in [3.63, 3.8) is 0 Å². The van der Waals surface area contributed by atoms with Gasteiger partial charge < -0.3 is 9.84 Å². The number of carbonyl (C=O) groups excluding carboxylic acids is 1. The Morgan fingerprint density at radius 2 is 1.93 bits per heavy atom. The molecule has 1 aromatic heterocycles. The topological polar surface area (TPSA) is 71.3 Å². The van der Waals surface area contributed by atoms with E-state index in [1.165, 1.54) is 6.07 Å². The highest BCUT2D eigenvalue weighted by Gasteiger charge is 2.27. The molecule has 156 valence electrons. The lowest BCUT2D eigenvalue weighted by Crippen LogP contribution is -2.45. The number of benzene rings is 2. The normalized spacial score (nSPS) is 16.4. The van der Waals surface area contributed by atoms with Gasteiger partial charge in [-0.05, 0) is 50.5 Å². The third-order valence-electron chi connectivity index (χ3n) is 5.68. The van der Waals surface area contributed by atoms with Gasteiger partial charge >= 0.3 is 0 Å². The standard InChI is InChI=1S/C23H25FN4O2/c1-15-8-9-18(14-20(15)24)21-26-23(30-27-21)16(2)28-12-10-19(11-13-28)25-22(29)17-6-4-3-5-7-17/h3-9,14,16,19H,10-13H2,1-2H3,(H,25,29)/t16-/m0/s1. The van der Waals surface area contributed by atoms with E-state index in [0.717, 1.165) is 25.9 Å². The Kier molecular flexibility index (Phi) is 5.90. The highest BCUT2D eigenvalue weighted by Crippen LogP contribution is 2.26. The quantitative estimate of drug-likeness (QED) is 0.687. The number of likely N-dealkylation sites (tertiary alicyclic amines) is 1. The number of hydrogen-bond acceptors (Lipinski definition) is 5. The van der Waals surface area contributed by atoms with Crippen LogP contribution in [0.5, 0.6) is 0 Å². The molecule has 0 bridgehead atoms. The molecule has 2 aromatic carbocycles. The first-order valence-electron chi connectivity index (χ1n) is 10.2. The first kappa shape index (κ1) is 20.2. The number of aryl methyl sites for hydroxylation is 1. The van der Waals surface area contributed by atoms with Gasteiger partial charge in [0, 0.05) is 30.3 Å². The third-order valence-corrected chi connectivity index (χ3v) is 5.68. The van der Waals surface area contributed by atoms with Crippen molar-refractivity contribution < 1.29 is 13.7 Å². The predicted molar refractivity (Wildman–Crippen MR) is 111 cm³/mol. The number of amides is 1. The molecule has 1 aliphatic heterocycles. The fourth-order valence-electron chi connectivity index (χ4n) is 3.70. The van der Waals surface area contributed by atoms with Crippen molar-refractivity contribution >= 4 is 5.91 Å². The SMILES string of the molecule is Cc1ccc(-c2noc([C@H](C)N3CCC(NC(=O)c4ccccc4)CC3)n2)cc1F. The molecule has 0 unspecified atom stereocenters. The summed E-state index contributed by atoms with van der Waals surface area (Å²) in [6, 6.07) is 14.3. The minimum absolute atomic E-state index is 0.0334. The summed E-state index contributed by atoms with van der Waals surface area (Å²) in [5.41, 5.74) is 1.86. The van der Waals surface area contributed by atoms with Crippen LogP contribution < -0.4 is 5.32 Å². The summed E-state index contributed by atoms with van der Waals surface area (Å²) in [6.45, 7) is 5.38. The van der Waals surface area contributed by atoms with Crippen LogP contribution in [-0.2, 0) is 0 Å². The Morgan fingerprint density at radius 1 is 1.20 bits per heavy atom. The first-order chi connectivity index (χ1) is 14.5. The zero-order chi connectivity index (χ0) is 21.1. The Balaban J connectivity index is 1.34. The van der Waals surface area contributed by atoms with E-state index in [1.807, 2.05) is 37.3 Å². The number of aromatic nitrogens is 2. The molecular weight excluding hydrogens is 383 g/mol. The third kappa shape index (κ3) is 4.41. The fourth-order valence-corrected chi connectivity index (χ4v) is 3.70. The van der Waals surface area contributed by atoms with Gasteiger partial charge in [-0.3, -0.25) is 9.69 Å². The number of halogens is 1. The Labute approximate surface area is 175 Å². The molecule has 1 amide bonds. The molecule has 1 N–H and O–H groups in total. The predicted octanol–water partition coefficient (Wildman–Crippen LogP) is 4.14. The molecule has 7 heteroatoms. The maximum Gasteiger partial charge on any atom is 0.251 e. The second kappa shape index (κ2) is 8.75. The molecular formula is C23H25FN4O2. The van der Waals surface area contributed by atoms with Gasteiger partial charge in [0.2, 0.25) is 11.7 Å². The average Bonchev–Trinajstić information content (AvgIpc) is 3.26. The van der Waals surface area contributed by atoms with Crippen LogP contribution in [0.2, 0.25) is 0 Å². The number of nitrogens with zero attached hydrogens (tertiary/aromatic N) is 3. The molecule has 3 aromatic rings. The van der Waals surface area contributed by atoms with Crippen LogP contribution in [0.15, 0.2) is 53.1 Å². The molecule has 1 aliphatic rings. The lowest BCUT2D eigenvalue weighted by molar-refractivity contribution is 0.0881. The Morgan fingerprint density at radius 3 is 2.63 bits per heavy atom. The van der Waals surface area contributed by atoms with Crippen LogP contribution in [0.3, 0.4) is 0 Å². The van der Waals surface area contributed by atoms with Crippen LogP contribution in [0.1, 0.15) is 47.6 Å². The van der Waals surface area contributed by atoms with Crippen molar-refractivity contribution in [2.24, 2.45) is 0 Å². The summed E-state index contributed by atoms with van der Waals surface area (Å²) < 4.78 is 19.3. The van der Waals surface area contributed by atoms with E-state index in [0.29, 0.717) is 28.4 Å². The van der Waals surface area contributed by atoms with E-state index in [4.69, 9.17) is 4.52 Å². The van der Waals surface area contributed by atoms with Crippen LogP contribution in [0, 0.1) is 12.7 Å². The summed E-state index contributed by atoms with van der Waals surface area (Å²) in [5, 5.41) is 7.14. The summed E-state index contributed by atoms with van der Waals surface area (Å²) >= 11 is 0. The smallest absolute Gasteiger partial charge is 0.251 e. The van der Waals surface area contributed by atoms with Crippen molar-refractivity contribution in [3.8, 4) is 11.4 Å². The van der Waals surface area contributed by atoms with Crippen molar-refractivity contribution in [3.05, 3.63) is 71.4 Å². The number of hydrogen-bond donors (Lipinski definition) is 1. The highest BCUT2D eigenvalue weighted by molar-refractivity contribution is 5.94. The lowest BCUT2D eigenvalue weighted by atomic mass is 10.0. The Bertz CT molecular complexity index is 1010. The van der Waals surface area contributed by atoms with Gasteiger partial charge in [-0.2, -0.15) is 4.98 Å². The highest BCUT2D eigenvalue weighted by atomic mass is 19.1. The van der Waals surface area contributed by atoms with E-state index in [2.05, 4.69) is 20.4 Å². The van der Waals surface area contributed by atoms with Gasteiger partial charge in [0.15, 0.2) is 0 Å². The van der Waals surface area contributed by atoms with Crippen molar-refractivity contribution in [1.82, 2.24) is 20.4 Å². The molecule has 1 saturated heterocycles. The summed E-state index contributed by atoms with van der Waals surface area (Å²) in [7, 11) is 0. The number of nitrogens with one attached hydrogen (secondary N) is 1. The van der Waals surface area contributed by atoms with Crippen LogP contribution in [-0.4, -0.2) is 40.1 Å². The van der Waals surface area contributed by atoms with Crippen LogP contribution >= 0.6 is 0 Å². The van der Waals surface area contributed by atoms with Crippen molar-refractivity contribution in [1.29, 1.82) is 0 Å². The van der Waals surface area contributed by atoms with Gasteiger partial charge in [-0.1, -0.05) is 35.5 Å². The van der Waals surface area contributed by atoms with Crippen LogP contribution in [0.25, 0.3) is 11.4 Å². The summed E-state index contributed by atoms with van der Waals surface area (Å²) in [4.78, 5) is 19.1. The first-order valence-corrected chi connectivity index (χ1v) is 10.2. The molecule has 1 atom stereocenters. The van der Waals surface area contributed by atoms with E-state index in [9.17, 15) is 9.18 Å². The number of carbonyl (C=O) groups is 1. The van der Waals surface area contributed by atoms with Gasteiger partial charge in [0.05, 0.1) is 6.04 Å². The molecule has 6 nitrogen and oxygen atoms in total. The molecule has 0 saturated carbocycles. The average molecular weight is 408 g/mol. The van der Waals surface area contributed by atoms with Gasteiger partial charge in [-0.15, -0.1) is 0 Å². The molecule has 30 heavy (non-hydrogen) atoms. The zero-order valence-corrected chi connectivity index (χ0v) is 17.1. The molecule has 4 rings (SSSR count). The molecule has 0 aliphatic carbocycles. The van der Waals surface area contributed by atoms with Crippen LogP contribution in [0.4, 0.5) is 4.39 Å². The number of rotatable bonds is 5. The summed E-state index contributed by atoms with van der Waals surface area (Å²) in [5.74, 6) is 0.582. The minimum Gasteiger partial charge on any atom is -0.349 e. The second-order valence-electron chi connectivity index (χ2n) is 7.75. The van der Waals surface area contributed by atoms with E-state index in [-0.39, 0.29) is 23.8 Å². The van der Waals surface area contributed by atoms with Crippen molar-refractivity contribution in [2.75, 3.05) is 13.1 Å². The zero-order valence-electron chi connectivity index (χ0n) is 17.1. The van der Waals surface area contributed by atoms with E-state index in [1.54, 1.807) is 19.1 Å². The second-order valence-corrected chi connectivity index (χ2v) is 7.75. The van der Waals surface area contributed by atoms with Gasteiger partial charge in [0.1, 0.15) is 5.82 Å². The molecule has 0 radical (unpaired) electrons. The Hall–Kier alpha value is -3.06. The monoisotopic (exact) mass is 408 g/mol. The lowest BCUT2D eigenvalue weighted by Gasteiger charge is -2.34. The minimum atomic E-state index is -0.286. The molecule has 0 spiro atoms. The van der Waals surface area contributed by atoms with Crippen molar-refractivity contribution in [2.45, 2.75) is 38.8 Å². The van der Waals surface area contributed by atoms with Gasteiger partial charge in [-0.25, -0.2) is 4.39 Å². The largest absolute Gasteiger partial charge is 0.349 e.